The Bertz CT molecular complexity index is 206. The molecule has 1 aliphatic heterocycles. The molecule has 0 spiro atoms. The molecule has 2 fully saturated rings. The van der Waals surface area contributed by atoms with Crippen LogP contribution in [-0.2, 0) is 9.53 Å². The molecule has 86 valence electrons. The molecule has 1 N–H and O–H groups in total. The van der Waals surface area contributed by atoms with Crippen molar-refractivity contribution in [1.29, 1.82) is 0 Å². The van der Waals surface area contributed by atoms with Crippen LogP contribution in [0.1, 0.15) is 44.9 Å². The van der Waals surface area contributed by atoms with E-state index in [1.54, 1.807) is 0 Å². The van der Waals surface area contributed by atoms with Crippen LogP contribution in [0.25, 0.3) is 0 Å². The van der Waals surface area contributed by atoms with Gasteiger partial charge in [-0.05, 0) is 31.6 Å². The highest BCUT2D eigenvalue weighted by molar-refractivity contribution is 5.80. The van der Waals surface area contributed by atoms with Gasteiger partial charge in [0.25, 0.3) is 0 Å². The molecule has 2 rings (SSSR count). The number of rotatable bonds is 3. The first-order valence-corrected chi connectivity index (χ1v) is 6.25. The average molecular weight is 211 g/mol. The van der Waals surface area contributed by atoms with Crippen molar-refractivity contribution in [2.45, 2.75) is 51.0 Å². The number of hydrogen-bond donors (Lipinski definition) is 1. The molecule has 1 saturated heterocycles. The van der Waals surface area contributed by atoms with Crippen molar-refractivity contribution in [1.82, 2.24) is 5.32 Å². The molecular formula is C12H21NO2. The number of hydrogen-bond acceptors (Lipinski definition) is 2. The Labute approximate surface area is 91.6 Å². The maximum Gasteiger partial charge on any atom is 0.249 e. The van der Waals surface area contributed by atoms with E-state index in [2.05, 4.69) is 5.32 Å². The summed E-state index contributed by atoms with van der Waals surface area (Å²) >= 11 is 0. The van der Waals surface area contributed by atoms with Crippen molar-refractivity contribution in [2.24, 2.45) is 5.92 Å². The number of carbonyl (C=O) groups excluding carboxylic acids is 1. The summed E-state index contributed by atoms with van der Waals surface area (Å²) in [7, 11) is 0. The van der Waals surface area contributed by atoms with E-state index in [1.165, 1.54) is 32.1 Å². The SMILES string of the molecule is O=C(NCC1CCCCC1)[C@H]1CCCO1. The standard InChI is InChI=1S/C12H21NO2/c14-12(11-7-4-8-15-11)13-9-10-5-2-1-3-6-10/h10-11H,1-9H2,(H,13,14)/t11-/m1/s1. The van der Waals surface area contributed by atoms with Crippen LogP contribution in [0.5, 0.6) is 0 Å². The van der Waals surface area contributed by atoms with E-state index >= 15 is 0 Å². The first-order chi connectivity index (χ1) is 7.36. The lowest BCUT2D eigenvalue weighted by Gasteiger charge is -2.22. The second-order valence-electron chi connectivity index (χ2n) is 4.75. The zero-order chi connectivity index (χ0) is 10.5. The third-order valence-electron chi connectivity index (χ3n) is 3.51. The predicted molar refractivity (Wildman–Crippen MR) is 58.6 cm³/mol. The van der Waals surface area contributed by atoms with Crippen molar-refractivity contribution in [3.05, 3.63) is 0 Å². The fourth-order valence-electron chi connectivity index (χ4n) is 2.53. The monoisotopic (exact) mass is 211 g/mol. The summed E-state index contributed by atoms with van der Waals surface area (Å²) in [6, 6.07) is 0. The van der Waals surface area contributed by atoms with Gasteiger partial charge in [-0.3, -0.25) is 4.79 Å². The van der Waals surface area contributed by atoms with Gasteiger partial charge in [-0.1, -0.05) is 19.3 Å². The minimum atomic E-state index is -0.159. The second-order valence-corrected chi connectivity index (χ2v) is 4.75. The van der Waals surface area contributed by atoms with Gasteiger partial charge in [-0.25, -0.2) is 0 Å². The number of amides is 1. The molecule has 1 amide bonds. The van der Waals surface area contributed by atoms with Crippen LogP contribution in [0.15, 0.2) is 0 Å². The van der Waals surface area contributed by atoms with Gasteiger partial charge in [0.2, 0.25) is 5.91 Å². The molecule has 0 aromatic heterocycles. The van der Waals surface area contributed by atoms with Crippen molar-refractivity contribution in [3.8, 4) is 0 Å². The maximum atomic E-state index is 11.7. The fraction of sp³-hybridized carbons (Fsp3) is 0.917. The van der Waals surface area contributed by atoms with E-state index < -0.39 is 0 Å². The predicted octanol–water partition coefficient (Wildman–Crippen LogP) is 1.86. The van der Waals surface area contributed by atoms with Crippen LogP contribution in [0.3, 0.4) is 0 Å². The molecule has 3 nitrogen and oxygen atoms in total. The normalized spacial score (nSPS) is 27.9. The highest BCUT2D eigenvalue weighted by Gasteiger charge is 2.24. The first-order valence-electron chi connectivity index (χ1n) is 6.25. The summed E-state index contributed by atoms with van der Waals surface area (Å²) in [5, 5.41) is 3.03. The van der Waals surface area contributed by atoms with Gasteiger partial charge in [0, 0.05) is 13.2 Å². The fourth-order valence-corrected chi connectivity index (χ4v) is 2.53. The molecule has 0 unspecified atom stereocenters. The third-order valence-corrected chi connectivity index (χ3v) is 3.51. The van der Waals surface area contributed by atoms with Crippen LogP contribution in [0.4, 0.5) is 0 Å². The Balaban J connectivity index is 1.65. The van der Waals surface area contributed by atoms with Gasteiger partial charge in [0.15, 0.2) is 0 Å². The molecule has 1 saturated carbocycles. The van der Waals surface area contributed by atoms with Crippen molar-refractivity contribution in [2.75, 3.05) is 13.2 Å². The van der Waals surface area contributed by atoms with Crippen LogP contribution in [0, 0.1) is 5.92 Å². The maximum absolute atomic E-state index is 11.7. The molecule has 1 atom stereocenters. The number of ether oxygens (including phenoxy) is 1. The molecule has 1 heterocycles. The van der Waals surface area contributed by atoms with Crippen LogP contribution in [-0.4, -0.2) is 25.2 Å². The van der Waals surface area contributed by atoms with Crippen molar-refractivity contribution in [3.63, 3.8) is 0 Å². The van der Waals surface area contributed by atoms with E-state index in [-0.39, 0.29) is 12.0 Å². The first kappa shape index (κ1) is 10.9. The zero-order valence-electron chi connectivity index (χ0n) is 9.34. The van der Waals surface area contributed by atoms with Gasteiger partial charge in [-0.2, -0.15) is 0 Å². The highest BCUT2D eigenvalue weighted by Crippen LogP contribution is 2.23. The Hall–Kier alpha value is -0.570. The van der Waals surface area contributed by atoms with E-state index in [4.69, 9.17) is 4.74 Å². The van der Waals surface area contributed by atoms with E-state index in [9.17, 15) is 4.79 Å². The molecule has 0 radical (unpaired) electrons. The minimum Gasteiger partial charge on any atom is -0.368 e. The Morgan fingerprint density at radius 1 is 1.13 bits per heavy atom. The molecule has 0 aromatic rings. The topological polar surface area (TPSA) is 38.3 Å². The van der Waals surface area contributed by atoms with E-state index in [0.717, 1.165) is 26.0 Å². The Kier molecular flexibility index (Phi) is 4.01. The van der Waals surface area contributed by atoms with E-state index in [1.807, 2.05) is 0 Å². The van der Waals surface area contributed by atoms with Gasteiger partial charge < -0.3 is 10.1 Å². The van der Waals surface area contributed by atoms with Gasteiger partial charge in [-0.15, -0.1) is 0 Å². The molecule has 1 aliphatic carbocycles. The lowest BCUT2D eigenvalue weighted by Crippen LogP contribution is -2.37. The summed E-state index contributed by atoms with van der Waals surface area (Å²) in [6.45, 7) is 1.61. The van der Waals surface area contributed by atoms with Crippen LogP contribution >= 0.6 is 0 Å². The molecule has 3 heteroatoms. The summed E-state index contributed by atoms with van der Waals surface area (Å²) in [6.07, 6.45) is 8.38. The zero-order valence-corrected chi connectivity index (χ0v) is 9.34. The highest BCUT2D eigenvalue weighted by atomic mass is 16.5. The summed E-state index contributed by atoms with van der Waals surface area (Å²) in [4.78, 5) is 11.7. The lowest BCUT2D eigenvalue weighted by atomic mass is 9.89. The second kappa shape index (κ2) is 5.50. The van der Waals surface area contributed by atoms with Crippen LogP contribution < -0.4 is 5.32 Å². The molecule has 2 aliphatic rings. The van der Waals surface area contributed by atoms with Crippen molar-refractivity contribution < 1.29 is 9.53 Å². The van der Waals surface area contributed by atoms with Gasteiger partial charge in [0.1, 0.15) is 6.10 Å². The van der Waals surface area contributed by atoms with Gasteiger partial charge in [0.05, 0.1) is 0 Å². The summed E-state index contributed by atoms with van der Waals surface area (Å²) in [5.74, 6) is 0.821. The molecule has 0 aromatic carbocycles. The smallest absolute Gasteiger partial charge is 0.249 e. The third kappa shape index (κ3) is 3.20. The quantitative estimate of drug-likeness (QED) is 0.774. The molecule has 0 bridgehead atoms. The lowest BCUT2D eigenvalue weighted by molar-refractivity contribution is -0.130. The minimum absolute atomic E-state index is 0.109. The molecule has 15 heavy (non-hydrogen) atoms. The number of nitrogens with one attached hydrogen (secondary N) is 1. The van der Waals surface area contributed by atoms with Crippen molar-refractivity contribution >= 4 is 5.91 Å². The molecular weight excluding hydrogens is 190 g/mol. The van der Waals surface area contributed by atoms with Gasteiger partial charge >= 0.3 is 0 Å². The Morgan fingerprint density at radius 3 is 2.60 bits per heavy atom. The largest absolute Gasteiger partial charge is 0.368 e. The summed E-state index contributed by atoms with van der Waals surface area (Å²) < 4.78 is 5.34. The van der Waals surface area contributed by atoms with E-state index in [0.29, 0.717) is 5.92 Å². The number of carbonyl (C=O) groups is 1. The Morgan fingerprint density at radius 2 is 1.93 bits per heavy atom. The van der Waals surface area contributed by atoms with Crippen LogP contribution in [0.2, 0.25) is 0 Å². The average Bonchev–Trinajstić information content (AvgIpc) is 2.81. The summed E-state index contributed by atoms with van der Waals surface area (Å²) in [5.41, 5.74) is 0.